The molecule has 0 unspecified atom stereocenters. The molecule has 0 aliphatic carbocycles. The molecule has 0 amide bonds. The second kappa shape index (κ2) is 3.68. The number of nitrogens with two attached hydrogens (primary N) is 1. The summed E-state index contributed by atoms with van der Waals surface area (Å²) in [6, 6.07) is 7.36. The number of benzene rings is 1. The zero-order valence-electron chi connectivity index (χ0n) is 8.31. The Bertz CT molecular complexity index is 398. The van der Waals surface area contributed by atoms with Crippen LogP contribution in [0.5, 0.6) is 0 Å². The van der Waals surface area contributed by atoms with E-state index in [4.69, 9.17) is 11.1 Å². The number of amidine groups is 1. The smallest absolute Gasteiger partial charge is 0.267 e. The van der Waals surface area contributed by atoms with E-state index in [9.17, 15) is 4.91 Å². The largest absolute Gasteiger partial charge is 0.384 e. The van der Waals surface area contributed by atoms with Gasteiger partial charge in [0.2, 0.25) is 6.54 Å². The van der Waals surface area contributed by atoms with Crippen molar-refractivity contribution in [2.24, 2.45) is 5.73 Å². The number of nitroso groups, excluding NO2 is 1. The van der Waals surface area contributed by atoms with Crippen LogP contribution in [-0.2, 0) is 0 Å². The van der Waals surface area contributed by atoms with E-state index < -0.39 is 0 Å². The molecule has 1 aromatic rings. The van der Waals surface area contributed by atoms with Crippen LogP contribution in [0, 0.1) is 10.3 Å². The second-order valence-corrected chi connectivity index (χ2v) is 3.57. The van der Waals surface area contributed by atoms with Crippen LogP contribution >= 0.6 is 0 Å². The van der Waals surface area contributed by atoms with Gasteiger partial charge in [-0.05, 0) is 24.3 Å². The number of nitrogens with one attached hydrogen (secondary N) is 1. The van der Waals surface area contributed by atoms with Crippen LogP contribution in [-0.4, -0.2) is 30.4 Å². The predicted molar refractivity (Wildman–Crippen MR) is 58.2 cm³/mol. The minimum Gasteiger partial charge on any atom is -0.384 e. The summed E-state index contributed by atoms with van der Waals surface area (Å²) in [5, 5.41) is 7.25. The molecule has 2 rings (SSSR count). The van der Waals surface area contributed by atoms with Crippen molar-refractivity contribution in [3.8, 4) is 0 Å². The first-order valence-electron chi connectivity index (χ1n) is 4.78. The lowest BCUT2D eigenvalue weighted by atomic mass is 10.2. The summed E-state index contributed by atoms with van der Waals surface area (Å²) in [4.78, 5) is 13.0. The maximum absolute atomic E-state index is 11.0. The monoisotopic (exact) mass is 205 g/mol. The van der Waals surface area contributed by atoms with Gasteiger partial charge < -0.3 is 10.6 Å². The molecule has 5 nitrogen and oxygen atoms in total. The first kappa shape index (κ1) is 9.64. The summed E-state index contributed by atoms with van der Waals surface area (Å²) in [6.07, 6.45) is 0. The number of anilines is 1. The Kier molecular flexibility index (Phi) is 2.37. The van der Waals surface area contributed by atoms with Gasteiger partial charge in [0.15, 0.2) is 0 Å². The maximum atomic E-state index is 11.0. The fourth-order valence-corrected chi connectivity index (χ4v) is 1.63. The van der Waals surface area contributed by atoms with Crippen molar-refractivity contribution in [2.45, 2.75) is 0 Å². The van der Waals surface area contributed by atoms with Crippen molar-refractivity contribution in [1.82, 2.24) is 0 Å². The van der Waals surface area contributed by atoms with Gasteiger partial charge >= 0.3 is 0 Å². The average molecular weight is 205 g/mol. The Morgan fingerprint density at radius 1 is 1.40 bits per heavy atom. The summed E-state index contributed by atoms with van der Waals surface area (Å²) in [7, 11) is 0. The molecule has 0 aromatic heterocycles. The molecular weight excluding hydrogens is 192 g/mol. The summed E-state index contributed by atoms with van der Waals surface area (Å²) in [5.41, 5.74) is 7.05. The van der Waals surface area contributed by atoms with Crippen molar-refractivity contribution >= 4 is 11.5 Å². The van der Waals surface area contributed by atoms with Crippen molar-refractivity contribution in [1.29, 1.82) is 5.41 Å². The van der Waals surface area contributed by atoms with E-state index in [0.29, 0.717) is 18.8 Å². The van der Waals surface area contributed by atoms with Crippen LogP contribution in [0.25, 0.3) is 0 Å². The molecule has 3 N–H and O–H groups in total. The first-order valence-corrected chi connectivity index (χ1v) is 4.78. The minimum atomic E-state index is 0.0634. The molecule has 1 heterocycles. The van der Waals surface area contributed by atoms with Crippen LogP contribution < -0.4 is 10.6 Å². The quantitative estimate of drug-likeness (QED) is 0.420. The fraction of sp³-hybridized carbons (Fsp3) is 0.300. The number of nitrogen functional groups attached to an aromatic ring is 1. The molecular formula is C10H13N4O+. The predicted octanol–water partition coefficient (Wildman–Crippen LogP) is 0.527. The lowest BCUT2D eigenvalue weighted by Crippen LogP contribution is -2.20. The Labute approximate surface area is 87.6 Å². The second-order valence-electron chi connectivity index (χ2n) is 3.57. The highest BCUT2D eigenvalue weighted by molar-refractivity contribution is 5.95. The average Bonchev–Trinajstić information content (AvgIpc) is 2.65. The normalized spacial score (nSPS) is 15.7. The van der Waals surface area contributed by atoms with Gasteiger partial charge in [-0.15, -0.1) is 0 Å². The van der Waals surface area contributed by atoms with Crippen molar-refractivity contribution in [3.63, 3.8) is 0 Å². The van der Waals surface area contributed by atoms with E-state index in [2.05, 4.69) is 0 Å². The van der Waals surface area contributed by atoms with E-state index in [1.54, 1.807) is 12.1 Å². The molecule has 1 aliphatic heterocycles. The number of rotatable bonds is 2. The Hall–Kier alpha value is -1.91. The summed E-state index contributed by atoms with van der Waals surface area (Å²) in [5.74, 6) is 0.0634. The van der Waals surface area contributed by atoms with E-state index in [0.717, 1.165) is 17.0 Å². The molecule has 5 heteroatoms. The Morgan fingerprint density at radius 2 is 2.07 bits per heavy atom. The molecule has 0 bridgehead atoms. The molecule has 0 saturated carbocycles. The minimum absolute atomic E-state index is 0.0634. The molecule has 1 fully saturated rings. The highest BCUT2D eigenvalue weighted by Crippen LogP contribution is 2.17. The third-order valence-electron chi connectivity index (χ3n) is 2.49. The van der Waals surface area contributed by atoms with E-state index >= 15 is 0 Å². The van der Waals surface area contributed by atoms with E-state index in [-0.39, 0.29) is 5.84 Å². The first-order chi connectivity index (χ1) is 7.16. The SMILES string of the molecule is N=C(N)c1ccc(N2CC[N+](=O)C2)cc1. The summed E-state index contributed by atoms with van der Waals surface area (Å²) < 4.78 is 1.03. The van der Waals surface area contributed by atoms with Gasteiger partial charge in [-0.2, -0.15) is 0 Å². The van der Waals surface area contributed by atoms with Gasteiger partial charge in [-0.3, -0.25) is 5.41 Å². The maximum Gasteiger partial charge on any atom is 0.267 e. The van der Waals surface area contributed by atoms with E-state index in [1.807, 2.05) is 17.0 Å². The number of nitrogens with zero attached hydrogens (tertiary/aromatic N) is 2. The standard InChI is InChI=1S/C10H13N4O/c11-10(12)8-1-3-9(4-2-8)13-5-6-14(15)7-13/h1-4H,5-7H2,(H3,11,12)/q+1. The van der Waals surface area contributed by atoms with Crippen LogP contribution in [0.1, 0.15) is 5.56 Å². The molecule has 15 heavy (non-hydrogen) atoms. The van der Waals surface area contributed by atoms with Crippen molar-refractivity contribution in [3.05, 3.63) is 34.7 Å². The van der Waals surface area contributed by atoms with Crippen LogP contribution in [0.4, 0.5) is 5.69 Å². The highest BCUT2D eigenvalue weighted by Gasteiger charge is 2.25. The molecule has 0 atom stereocenters. The van der Waals surface area contributed by atoms with Crippen LogP contribution in [0.3, 0.4) is 0 Å². The molecule has 78 valence electrons. The van der Waals surface area contributed by atoms with Gasteiger partial charge in [-0.1, -0.05) is 0 Å². The molecule has 1 aromatic carbocycles. The summed E-state index contributed by atoms with van der Waals surface area (Å²) in [6.45, 7) is 1.72. The number of hydrogen-bond donors (Lipinski definition) is 2. The topological polar surface area (TPSA) is 73.2 Å². The molecule has 0 spiro atoms. The third-order valence-corrected chi connectivity index (χ3v) is 2.49. The molecule has 1 aliphatic rings. The van der Waals surface area contributed by atoms with E-state index in [1.165, 1.54) is 0 Å². The van der Waals surface area contributed by atoms with Gasteiger partial charge in [0.25, 0.3) is 6.67 Å². The third kappa shape index (κ3) is 1.96. The Balaban J connectivity index is 2.17. The van der Waals surface area contributed by atoms with Crippen molar-refractivity contribution in [2.75, 3.05) is 24.7 Å². The molecule has 0 radical (unpaired) electrons. The van der Waals surface area contributed by atoms with Gasteiger partial charge in [0.05, 0.1) is 6.54 Å². The van der Waals surface area contributed by atoms with Gasteiger partial charge in [-0.25, -0.2) is 0 Å². The molecule has 1 saturated heterocycles. The van der Waals surface area contributed by atoms with Crippen molar-refractivity contribution < 1.29 is 4.76 Å². The lowest BCUT2D eigenvalue weighted by molar-refractivity contribution is -0.525. The lowest BCUT2D eigenvalue weighted by Gasteiger charge is -2.12. The highest BCUT2D eigenvalue weighted by atomic mass is 16.3. The zero-order valence-corrected chi connectivity index (χ0v) is 8.31. The fourth-order valence-electron chi connectivity index (χ4n) is 1.63. The van der Waals surface area contributed by atoms with Crippen LogP contribution in [0.2, 0.25) is 0 Å². The van der Waals surface area contributed by atoms with Crippen LogP contribution in [0.15, 0.2) is 24.3 Å². The van der Waals surface area contributed by atoms with Gasteiger partial charge in [0.1, 0.15) is 5.84 Å². The zero-order chi connectivity index (χ0) is 10.8. The Morgan fingerprint density at radius 3 is 2.53 bits per heavy atom. The number of hydrogen-bond acceptors (Lipinski definition) is 3. The summed E-state index contributed by atoms with van der Waals surface area (Å²) >= 11 is 0. The van der Waals surface area contributed by atoms with Gasteiger partial charge in [0, 0.05) is 20.9 Å².